The number of halogens is 1. The summed E-state index contributed by atoms with van der Waals surface area (Å²) in [5.74, 6) is 1.86. The first-order valence-corrected chi connectivity index (χ1v) is 6.23. The van der Waals surface area contributed by atoms with Gasteiger partial charge in [0.15, 0.2) is 0 Å². The van der Waals surface area contributed by atoms with Crippen LogP contribution in [0, 0.1) is 5.92 Å². The largest absolute Gasteiger partial charge is 0.299 e. The van der Waals surface area contributed by atoms with E-state index in [1.165, 1.54) is 51.6 Å². The molecule has 0 radical (unpaired) electrons. The smallest absolute Gasteiger partial charge is 0.0379 e. The molecule has 76 valence electrons. The van der Waals surface area contributed by atoms with Gasteiger partial charge in [0.1, 0.15) is 0 Å². The van der Waals surface area contributed by atoms with E-state index < -0.39 is 0 Å². The van der Waals surface area contributed by atoms with E-state index in [1.54, 1.807) is 0 Å². The molecule has 2 heteroatoms. The second kappa shape index (κ2) is 4.65. The number of nitrogens with zero attached hydrogens (tertiary/aromatic N) is 1. The van der Waals surface area contributed by atoms with Gasteiger partial charge in [-0.25, -0.2) is 0 Å². The minimum Gasteiger partial charge on any atom is -0.299 e. The molecule has 1 saturated heterocycles. The van der Waals surface area contributed by atoms with Crippen molar-refractivity contribution in [2.75, 3.05) is 19.0 Å². The number of likely N-dealkylation sites (tertiary alicyclic amines) is 1. The highest BCUT2D eigenvalue weighted by atomic mass is 35.5. The van der Waals surface area contributed by atoms with Crippen molar-refractivity contribution in [2.45, 2.75) is 44.6 Å². The Kier molecular flexibility index (Phi) is 3.51. The first-order valence-electron chi connectivity index (χ1n) is 5.70. The van der Waals surface area contributed by atoms with E-state index >= 15 is 0 Å². The van der Waals surface area contributed by atoms with Crippen molar-refractivity contribution >= 4 is 11.6 Å². The van der Waals surface area contributed by atoms with Crippen LogP contribution in [-0.2, 0) is 0 Å². The van der Waals surface area contributed by atoms with E-state index in [0.29, 0.717) is 6.04 Å². The minimum absolute atomic E-state index is 0.685. The summed E-state index contributed by atoms with van der Waals surface area (Å²) in [5, 5.41) is 0. The van der Waals surface area contributed by atoms with Gasteiger partial charge < -0.3 is 0 Å². The average molecular weight is 202 g/mol. The zero-order chi connectivity index (χ0) is 9.10. The lowest BCUT2D eigenvalue weighted by molar-refractivity contribution is 0.207. The Bertz CT molecular complexity index is 156. The summed E-state index contributed by atoms with van der Waals surface area (Å²) >= 11 is 6.01. The summed E-state index contributed by atoms with van der Waals surface area (Å²) < 4.78 is 0. The second-order valence-corrected chi connectivity index (χ2v) is 4.90. The van der Waals surface area contributed by atoms with Gasteiger partial charge in [-0.1, -0.05) is 12.8 Å². The maximum atomic E-state index is 6.01. The summed E-state index contributed by atoms with van der Waals surface area (Å²) in [5.41, 5.74) is 0. The minimum atomic E-state index is 0.685. The maximum absolute atomic E-state index is 6.01. The number of rotatable bonds is 3. The Hall–Kier alpha value is 0.250. The predicted molar refractivity (Wildman–Crippen MR) is 57.3 cm³/mol. The van der Waals surface area contributed by atoms with Gasteiger partial charge in [-0.3, -0.25) is 4.90 Å². The fourth-order valence-corrected chi connectivity index (χ4v) is 2.63. The number of hydrogen-bond acceptors (Lipinski definition) is 1. The molecule has 0 spiro atoms. The third-order valence-electron chi connectivity index (χ3n) is 3.37. The molecule has 0 aromatic rings. The summed E-state index contributed by atoms with van der Waals surface area (Å²) in [6, 6.07) is 0.685. The van der Waals surface area contributed by atoms with E-state index in [9.17, 15) is 0 Å². The average Bonchev–Trinajstić information content (AvgIpc) is 2.93. The molecule has 1 aliphatic carbocycles. The van der Waals surface area contributed by atoms with Crippen LogP contribution in [0.5, 0.6) is 0 Å². The van der Waals surface area contributed by atoms with Crippen molar-refractivity contribution < 1.29 is 0 Å². The first-order chi connectivity index (χ1) is 6.40. The van der Waals surface area contributed by atoms with Crippen LogP contribution >= 0.6 is 11.6 Å². The zero-order valence-electron chi connectivity index (χ0n) is 8.34. The van der Waals surface area contributed by atoms with Gasteiger partial charge in [0.05, 0.1) is 0 Å². The highest BCUT2D eigenvalue weighted by molar-refractivity contribution is 6.18. The lowest BCUT2D eigenvalue weighted by atomic mass is 10.1. The van der Waals surface area contributed by atoms with Crippen LogP contribution in [0.15, 0.2) is 0 Å². The van der Waals surface area contributed by atoms with Gasteiger partial charge in [0, 0.05) is 18.5 Å². The Morgan fingerprint density at radius 3 is 2.62 bits per heavy atom. The molecule has 2 aliphatic rings. The van der Waals surface area contributed by atoms with Crippen molar-refractivity contribution in [2.24, 2.45) is 5.92 Å². The molecule has 1 saturated carbocycles. The molecule has 2 fully saturated rings. The van der Waals surface area contributed by atoms with E-state index in [-0.39, 0.29) is 0 Å². The second-order valence-electron chi connectivity index (χ2n) is 4.60. The number of hydrogen-bond donors (Lipinski definition) is 0. The Labute approximate surface area is 86.4 Å². The molecule has 1 unspecified atom stereocenters. The molecule has 1 aliphatic heterocycles. The molecule has 1 atom stereocenters. The zero-order valence-corrected chi connectivity index (χ0v) is 9.10. The van der Waals surface area contributed by atoms with Gasteiger partial charge in [0.25, 0.3) is 0 Å². The summed E-state index contributed by atoms with van der Waals surface area (Å²) in [6.45, 7) is 2.63. The van der Waals surface area contributed by atoms with E-state index in [0.717, 1.165) is 11.8 Å². The van der Waals surface area contributed by atoms with E-state index in [4.69, 9.17) is 11.6 Å². The molecular weight excluding hydrogens is 182 g/mol. The van der Waals surface area contributed by atoms with Crippen LogP contribution in [0.1, 0.15) is 38.5 Å². The Morgan fingerprint density at radius 1 is 1.08 bits per heavy atom. The molecule has 0 aromatic heterocycles. The SMILES string of the molecule is ClCC1CCCCCN1CC1CC1. The molecule has 2 rings (SSSR count). The van der Waals surface area contributed by atoms with Crippen LogP contribution in [0.25, 0.3) is 0 Å². The van der Waals surface area contributed by atoms with Gasteiger partial charge in [-0.15, -0.1) is 11.6 Å². The van der Waals surface area contributed by atoms with E-state index in [2.05, 4.69) is 4.90 Å². The topological polar surface area (TPSA) is 3.24 Å². The lowest BCUT2D eigenvalue weighted by Crippen LogP contribution is -2.37. The summed E-state index contributed by atoms with van der Waals surface area (Å²) in [6.07, 6.45) is 8.44. The Morgan fingerprint density at radius 2 is 1.92 bits per heavy atom. The normalized spacial score (nSPS) is 31.6. The van der Waals surface area contributed by atoms with Crippen LogP contribution in [0.2, 0.25) is 0 Å². The molecule has 1 heterocycles. The molecule has 0 bridgehead atoms. The molecule has 0 amide bonds. The van der Waals surface area contributed by atoms with Gasteiger partial charge >= 0.3 is 0 Å². The first kappa shape index (κ1) is 9.79. The van der Waals surface area contributed by atoms with Crippen molar-refractivity contribution in [3.63, 3.8) is 0 Å². The highest BCUT2D eigenvalue weighted by Crippen LogP contribution is 2.31. The van der Waals surface area contributed by atoms with Crippen molar-refractivity contribution in [3.8, 4) is 0 Å². The number of alkyl halides is 1. The third-order valence-corrected chi connectivity index (χ3v) is 3.72. The van der Waals surface area contributed by atoms with E-state index in [1.807, 2.05) is 0 Å². The third kappa shape index (κ3) is 2.85. The van der Waals surface area contributed by atoms with Crippen molar-refractivity contribution in [1.29, 1.82) is 0 Å². The van der Waals surface area contributed by atoms with Crippen molar-refractivity contribution in [1.82, 2.24) is 4.90 Å². The molecular formula is C11H20ClN. The van der Waals surface area contributed by atoms with Gasteiger partial charge in [0.2, 0.25) is 0 Å². The molecule has 13 heavy (non-hydrogen) atoms. The fourth-order valence-electron chi connectivity index (χ4n) is 2.28. The molecule has 0 N–H and O–H groups in total. The quantitative estimate of drug-likeness (QED) is 0.635. The van der Waals surface area contributed by atoms with Crippen LogP contribution < -0.4 is 0 Å². The summed E-state index contributed by atoms with van der Waals surface area (Å²) in [7, 11) is 0. The maximum Gasteiger partial charge on any atom is 0.0379 e. The van der Waals surface area contributed by atoms with Gasteiger partial charge in [-0.2, -0.15) is 0 Å². The van der Waals surface area contributed by atoms with Crippen LogP contribution in [0.4, 0.5) is 0 Å². The Balaban J connectivity index is 1.85. The fraction of sp³-hybridized carbons (Fsp3) is 1.00. The molecule has 0 aromatic carbocycles. The lowest BCUT2D eigenvalue weighted by Gasteiger charge is -2.28. The highest BCUT2D eigenvalue weighted by Gasteiger charge is 2.28. The van der Waals surface area contributed by atoms with Crippen LogP contribution in [0.3, 0.4) is 0 Å². The standard InChI is InChI=1S/C11H20ClN/c12-8-11-4-2-1-3-7-13(11)9-10-5-6-10/h10-11H,1-9H2. The monoisotopic (exact) mass is 201 g/mol. The van der Waals surface area contributed by atoms with Crippen molar-refractivity contribution in [3.05, 3.63) is 0 Å². The van der Waals surface area contributed by atoms with Gasteiger partial charge in [-0.05, 0) is 38.1 Å². The summed E-state index contributed by atoms with van der Waals surface area (Å²) in [4.78, 5) is 2.65. The molecule has 1 nitrogen and oxygen atoms in total. The predicted octanol–water partition coefficient (Wildman–Crippen LogP) is 2.88. The van der Waals surface area contributed by atoms with Crippen LogP contribution in [-0.4, -0.2) is 29.9 Å².